The number of hydrogen-bond acceptors (Lipinski definition) is 7. The van der Waals surface area contributed by atoms with Gasteiger partial charge in [0, 0.05) is 0 Å². The Morgan fingerprint density at radius 1 is 1.18 bits per heavy atom. The first-order valence-corrected chi connectivity index (χ1v) is 10.7. The number of carbonyl (C=O) groups is 1. The topological polar surface area (TPSA) is 111 Å². The second kappa shape index (κ2) is 8.72. The van der Waals surface area contributed by atoms with Gasteiger partial charge < -0.3 is 14.5 Å². The standard InChI is InChI=1S/C19H27N3O5S/c1-13(2)11-15(20-17(23)27-19(3,4)5)16-21-22-18(26-16)28(24,25)12-14-9-7-6-8-10-14/h6-10,13,15H,11-12H2,1-5H3,(H,20,23). The largest absolute Gasteiger partial charge is 0.444 e. The lowest BCUT2D eigenvalue weighted by Crippen LogP contribution is -2.35. The fourth-order valence-electron chi connectivity index (χ4n) is 2.48. The fraction of sp³-hybridized carbons (Fsp3) is 0.526. The number of benzene rings is 1. The van der Waals surface area contributed by atoms with Gasteiger partial charge in [0.1, 0.15) is 11.6 Å². The predicted octanol–water partition coefficient (Wildman–Crippen LogP) is 3.66. The van der Waals surface area contributed by atoms with Crippen molar-refractivity contribution >= 4 is 15.9 Å². The first kappa shape index (κ1) is 21.9. The summed E-state index contributed by atoms with van der Waals surface area (Å²) in [5.41, 5.74) is -0.0428. The van der Waals surface area contributed by atoms with E-state index in [-0.39, 0.29) is 17.6 Å². The molecule has 28 heavy (non-hydrogen) atoms. The molecular weight excluding hydrogens is 382 g/mol. The first-order valence-electron chi connectivity index (χ1n) is 9.06. The summed E-state index contributed by atoms with van der Waals surface area (Å²) in [5, 5.41) is 9.78. The van der Waals surface area contributed by atoms with E-state index in [4.69, 9.17) is 9.15 Å². The molecule has 1 amide bonds. The fourth-order valence-corrected chi connectivity index (χ4v) is 3.62. The van der Waals surface area contributed by atoms with Gasteiger partial charge in [-0.3, -0.25) is 0 Å². The van der Waals surface area contributed by atoms with Crippen LogP contribution in [0, 0.1) is 5.92 Å². The second-order valence-electron chi connectivity index (χ2n) is 7.98. The van der Waals surface area contributed by atoms with Crippen LogP contribution in [0.2, 0.25) is 0 Å². The quantitative estimate of drug-likeness (QED) is 0.743. The van der Waals surface area contributed by atoms with Crippen LogP contribution in [0.3, 0.4) is 0 Å². The van der Waals surface area contributed by atoms with Crippen molar-refractivity contribution in [3.8, 4) is 0 Å². The minimum absolute atomic E-state index is 0.0335. The van der Waals surface area contributed by atoms with E-state index >= 15 is 0 Å². The zero-order valence-corrected chi connectivity index (χ0v) is 17.6. The Labute approximate surface area is 165 Å². The lowest BCUT2D eigenvalue weighted by molar-refractivity contribution is 0.0487. The third kappa shape index (κ3) is 6.63. The molecule has 1 aromatic heterocycles. The van der Waals surface area contributed by atoms with Crippen LogP contribution >= 0.6 is 0 Å². The molecule has 0 spiro atoms. The van der Waals surface area contributed by atoms with E-state index in [1.807, 2.05) is 13.8 Å². The van der Waals surface area contributed by atoms with Crippen molar-refractivity contribution in [3.63, 3.8) is 0 Å². The van der Waals surface area contributed by atoms with E-state index in [0.717, 1.165) is 0 Å². The highest BCUT2D eigenvalue weighted by molar-refractivity contribution is 7.90. The lowest BCUT2D eigenvalue weighted by atomic mass is 10.0. The van der Waals surface area contributed by atoms with Crippen LogP contribution in [-0.4, -0.2) is 30.3 Å². The molecule has 8 nitrogen and oxygen atoms in total. The first-order chi connectivity index (χ1) is 13.0. The van der Waals surface area contributed by atoms with Gasteiger partial charge in [-0.15, -0.1) is 5.10 Å². The zero-order valence-electron chi connectivity index (χ0n) is 16.8. The van der Waals surface area contributed by atoms with Gasteiger partial charge in [-0.2, -0.15) is 0 Å². The van der Waals surface area contributed by atoms with Gasteiger partial charge in [-0.1, -0.05) is 49.3 Å². The van der Waals surface area contributed by atoms with Crippen LogP contribution in [-0.2, 0) is 20.3 Å². The smallest absolute Gasteiger partial charge is 0.408 e. The van der Waals surface area contributed by atoms with Crippen molar-refractivity contribution in [2.45, 2.75) is 63.7 Å². The van der Waals surface area contributed by atoms with Crippen LogP contribution in [0.4, 0.5) is 4.79 Å². The van der Waals surface area contributed by atoms with Gasteiger partial charge in [0.2, 0.25) is 15.7 Å². The SMILES string of the molecule is CC(C)CC(NC(=O)OC(C)(C)C)c1nnc(S(=O)(=O)Cc2ccccc2)o1. The molecule has 0 aliphatic carbocycles. The predicted molar refractivity (Wildman–Crippen MR) is 103 cm³/mol. The Morgan fingerprint density at radius 3 is 2.39 bits per heavy atom. The number of rotatable bonds is 7. The number of aromatic nitrogens is 2. The van der Waals surface area contributed by atoms with Gasteiger partial charge in [0.25, 0.3) is 0 Å². The minimum Gasteiger partial charge on any atom is -0.444 e. The molecule has 154 valence electrons. The molecule has 0 bridgehead atoms. The van der Waals surface area contributed by atoms with Crippen molar-refractivity contribution in [1.29, 1.82) is 0 Å². The number of ether oxygens (including phenoxy) is 1. The molecule has 9 heteroatoms. The molecule has 2 aromatic rings. The highest BCUT2D eigenvalue weighted by Crippen LogP contribution is 2.24. The number of sulfone groups is 1. The van der Waals surface area contributed by atoms with Crippen LogP contribution in [0.15, 0.2) is 40.0 Å². The molecule has 1 N–H and O–H groups in total. The normalized spacial score (nSPS) is 13.4. The third-order valence-corrected chi connectivity index (χ3v) is 4.99. The monoisotopic (exact) mass is 409 g/mol. The minimum atomic E-state index is -3.80. The maximum atomic E-state index is 12.6. The Hall–Kier alpha value is -2.42. The average Bonchev–Trinajstić information content (AvgIpc) is 3.03. The second-order valence-corrected chi connectivity index (χ2v) is 9.85. The number of nitrogens with zero attached hydrogens (tertiary/aromatic N) is 2. The highest BCUT2D eigenvalue weighted by Gasteiger charge is 2.29. The third-order valence-electron chi connectivity index (χ3n) is 3.58. The van der Waals surface area contributed by atoms with Crippen LogP contribution in [0.1, 0.15) is 58.5 Å². The Balaban J connectivity index is 2.19. The van der Waals surface area contributed by atoms with Crippen molar-refractivity contribution in [3.05, 3.63) is 41.8 Å². The maximum Gasteiger partial charge on any atom is 0.408 e. The summed E-state index contributed by atoms with van der Waals surface area (Å²) >= 11 is 0. The molecule has 1 atom stereocenters. The summed E-state index contributed by atoms with van der Waals surface area (Å²) in [7, 11) is -3.80. The molecule has 1 unspecified atom stereocenters. The van der Waals surface area contributed by atoms with E-state index in [1.165, 1.54) is 0 Å². The summed E-state index contributed by atoms with van der Waals surface area (Å²) < 4.78 is 35.8. The summed E-state index contributed by atoms with van der Waals surface area (Å²) in [6.45, 7) is 9.20. The molecule has 1 heterocycles. The number of hydrogen-bond donors (Lipinski definition) is 1. The number of alkyl carbamates (subject to hydrolysis) is 1. The number of carbonyl (C=O) groups excluding carboxylic acids is 1. The van der Waals surface area contributed by atoms with Gasteiger partial charge in [0.15, 0.2) is 0 Å². The van der Waals surface area contributed by atoms with Crippen LogP contribution in [0.5, 0.6) is 0 Å². The van der Waals surface area contributed by atoms with E-state index in [2.05, 4.69) is 15.5 Å². The lowest BCUT2D eigenvalue weighted by Gasteiger charge is -2.22. The molecule has 0 saturated heterocycles. The number of nitrogens with one attached hydrogen (secondary N) is 1. The summed E-state index contributed by atoms with van der Waals surface area (Å²) in [6, 6.07) is 8.09. The van der Waals surface area contributed by atoms with Crippen LogP contribution < -0.4 is 5.32 Å². The van der Waals surface area contributed by atoms with E-state index < -0.39 is 32.8 Å². The molecule has 1 aromatic carbocycles. The Morgan fingerprint density at radius 2 is 1.82 bits per heavy atom. The molecule has 0 radical (unpaired) electrons. The van der Waals surface area contributed by atoms with E-state index in [9.17, 15) is 13.2 Å². The molecule has 0 saturated carbocycles. The van der Waals surface area contributed by atoms with E-state index in [1.54, 1.807) is 51.1 Å². The summed E-state index contributed by atoms with van der Waals surface area (Å²) in [5.74, 6) is -0.0218. The highest BCUT2D eigenvalue weighted by atomic mass is 32.2. The summed E-state index contributed by atoms with van der Waals surface area (Å²) in [4.78, 5) is 12.1. The zero-order chi connectivity index (χ0) is 20.9. The molecule has 0 aliphatic rings. The number of amides is 1. The molecule has 0 fully saturated rings. The van der Waals surface area contributed by atoms with Crippen LogP contribution in [0.25, 0.3) is 0 Å². The molecular formula is C19H27N3O5S. The van der Waals surface area contributed by atoms with Gasteiger partial charge >= 0.3 is 11.3 Å². The molecule has 0 aliphatic heterocycles. The van der Waals surface area contributed by atoms with Gasteiger partial charge in [-0.05, 0) is 38.7 Å². The van der Waals surface area contributed by atoms with Crippen molar-refractivity contribution in [1.82, 2.24) is 15.5 Å². The maximum absolute atomic E-state index is 12.6. The van der Waals surface area contributed by atoms with Crippen molar-refractivity contribution in [2.75, 3.05) is 0 Å². The van der Waals surface area contributed by atoms with Gasteiger partial charge in [0.05, 0.1) is 5.75 Å². The van der Waals surface area contributed by atoms with Crippen molar-refractivity contribution in [2.24, 2.45) is 5.92 Å². The average molecular weight is 410 g/mol. The van der Waals surface area contributed by atoms with E-state index in [0.29, 0.717) is 12.0 Å². The van der Waals surface area contributed by atoms with Gasteiger partial charge in [-0.25, -0.2) is 13.2 Å². The summed E-state index contributed by atoms with van der Waals surface area (Å²) in [6.07, 6.45) is -0.148. The van der Waals surface area contributed by atoms with Crippen molar-refractivity contribution < 1.29 is 22.4 Å². The Bertz CT molecular complexity index is 886. The Kier molecular flexibility index (Phi) is 6.82. The molecule has 2 rings (SSSR count).